The molecule has 0 aliphatic heterocycles. The van der Waals surface area contributed by atoms with Crippen LogP contribution in [0.25, 0.3) is 0 Å². The third kappa shape index (κ3) is 3.45. The van der Waals surface area contributed by atoms with E-state index in [1.54, 1.807) is 37.3 Å². The molecule has 0 bridgehead atoms. The van der Waals surface area contributed by atoms with Gasteiger partial charge in [-0.25, -0.2) is 4.98 Å². The van der Waals surface area contributed by atoms with Gasteiger partial charge >= 0.3 is 0 Å². The summed E-state index contributed by atoms with van der Waals surface area (Å²) in [4.78, 5) is 29.2. The summed E-state index contributed by atoms with van der Waals surface area (Å²) in [5.41, 5.74) is 0.827. The first-order chi connectivity index (χ1) is 9.06. The van der Waals surface area contributed by atoms with Gasteiger partial charge in [-0.05, 0) is 12.5 Å². The van der Waals surface area contributed by atoms with Crippen LogP contribution in [0.1, 0.15) is 16.5 Å². The Morgan fingerprint density at radius 2 is 2.05 bits per heavy atom. The number of rotatable bonds is 4. The fourth-order valence-electron chi connectivity index (χ4n) is 1.60. The number of hydrogen-bond acceptors (Lipinski definition) is 5. The first-order valence-electron chi connectivity index (χ1n) is 5.56. The molecule has 0 unspecified atom stereocenters. The summed E-state index contributed by atoms with van der Waals surface area (Å²) in [7, 11) is 0. The Morgan fingerprint density at radius 3 is 2.63 bits per heavy atom. The largest absolute Gasteiger partial charge is 0.549 e. The minimum atomic E-state index is -1.22. The number of aliphatic carboxylic acids is 1. The summed E-state index contributed by atoms with van der Waals surface area (Å²) < 4.78 is 0. The highest BCUT2D eigenvalue weighted by Crippen LogP contribution is 2.32. The number of nitrogens with one attached hydrogen (secondary N) is 1. The lowest BCUT2D eigenvalue weighted by Gasteiger charge is -2.17. The number of benzene rings is 1. The van der Waals surface area contributed by atoms with Gasteiger partial charge in [-0.2, -0.15) is 0 Å². The number of nitrogens with zero attached hydrogens (tertiary/aromatic N) is 1. The zero-order valence-corrected chi connectivity index (χ0v) is 10.9. The number of thioether (sulfide) groups is 1. The van der Waals surface area contributed by atoms with Crippen molar-refractivity contribution in [2.75, 3.05) is 0 Å². The van der Waals surface area contributed by atoms with Gasteiger partial charge in [0.05, 0.1) is 11.2 Å². The first kappa shape index (κ1) is 13.4. The van der Waals surface area contributed by atoms with Gasteiger partial charge in [0.1, 0.15) is 0 Å². The monoisotopic (exact) mass is 275 g/mol. The molecule has 0 aliphatic carbocycles. The SMILES string of the molecule is Cc1cc(=O)[nH]c(S[C@@H](C(=O)[O-])c2ccccc2)n1. The van der Waals surface area contributed by atoms with E-state index < -0.39 is 11.2 Å². The number of carbonyl (C=O) groups is 1. The van der Waals surface area contributed by atoms with Crippen LogP contribution in [0.3, 0.4) is 0 Å². The van der Waals surface area contributed by atoms with E-state index in [0.717, 1.165) is 11.8 Å². The molecule has 1 N–H and O–H groups in total. The van der Waals surface area contributed by atoms with E-state index in [0.29, 0.717) is 11.3 Å². The molecule has 0 radical (unpaired) electrons. The van der Waals surface area contributed by atoms with Crippen LogP contribution >= 0.6 is 11.8 Å². The van der Waals surface area contributed by atoms with Crippen LogP contribution in [0.15, 0.2) is 46.3 Å². The maximum absolute atomic E-state index is 11.3. The molecule has 0 saturated heterocycles. The summed E-state index contributed by atoms with van der Waals surface area (Å²) in [5.74, 6) is -1.22. The van der Waals surface area contributed by atoms with Crippen molar-refractivity contribution in [3.63, 3.8) is 0 Å². The molecule has 0 fully saturated rings. The lowest BCUT2D eigenvalue weighted by molar-refractivity contribution is -0.305. The molecule has 2 rings (SSSR count). The topological polar surface area (TPSA) is 85.9 Å². The Bertz CT molecular complexity index is 640. The van der Waals surface area contributed by atoms with Crippen molar-refractivity contribution >= 4 is 17.7 Å². The highest BCUT2D eigenvalue weighted by atomic mass is 32.2. The zero-order valence-electron chi connectivity index (χ0n) is 10.1. The molecule has 0 spiro atoms. The van der Waals surface area contributed by atoms with E-state index in [1.807, 2.05) is 0 Å². The maximum Gasteiger partial charge on any atom is 0.251 e. The van der Waals surface area contributed by atoms with E-state index in [9.17, 15) is 14.7 Å². The number of carbonyl (C=O) groups excluding carboxylic acids is 1. The van der Waals surface area contributed by atoms with Gasteiger partial charge in [0.25, 0.3) is 5.56 Å². The fourth-order valence-corrected chi connectivity index (χ4v) is 2.57. The standard InChI is InChI=1S/C13H12N2O3S/c1-8-7-10(16)15-13(14-8)19-11(12(17)18)9-5-3-2-4-6-9/h2-7,11H,1H3,(H,17,18)(H,14,15,16)/p-1/t11-/m1/s1. The molecule has 19 heavy (non-hydrogen) atoms. The molecule has 0 aliphatic rings. The summed E-state index contributed by atoms with van der Waals surface area (Å²) in [6.07, 6.45) is 0. The molecule has 2 aromatic rings. The van der Waals surface area contributed by atoms with Gasteiger partial charge in [0.15, 0.2) is 5.16 Å². The van der Waals surface area contributed by atoms with Crippen molar-refractivity contribution in [2.45, 2.75) is 17.3 Å². The van der Waals surface area contributed by atoms with Crippen LogP contribution < -0.4 is 10.7 Å². The molecule has 0 amide bonds. The summed E-state index contributed by atoms with van der Waals surface area (Å²) in [6, 6.07) is 10.0. The second-order valence-electron chi connectivity index (χ2n) is 3.92. The molecule has 1 aromatic heterocycles. The summed E-state index contributed by atoms with van der Waals surface area (Å²) in [5, 5.41) is 10.6. The predicted molar refractivity (Wildman–Crippen MR) is 69.6 cm³/mol. The normalized spacial score (nSPS) is 12.1. The van der Waals surface area contributed by atoms with Crippen molar-refractivity contribution in [3.8, 4) is 0 Å². The molecule has 5 nitrogen and oxygen atoms in total. The first-order valence-corrected chi connectivity index (χ1v) is 6.44. The molecule has 98 valence electrons. The highest BCUT2D eigenvalue weighted by molar-refractivity contribution is 8.00. The van der Waals surface area contributed by atoms with Gasteiger partial charge in [-0.1, -0.05) is 42.1 Å². The van der Waals surface area contributed by atoms with Crippen LogP contribution in [-0.4, -0.2) is 15.9 Å². The molecule has 0 saturated carbocycles. The van der Waals surface area contributed by atoms with E-state index in [-0.39, 0.29) is 10.7 Å². The van der Waals surface area contributed by atoms with E-state index in [1.165, 1.54) is 6.07 Å². The average Bonchev–Trinajstić information content (AvgIpc) is 2.35. The molecular formula is C13H11N2O3S-. The van der Waals surface area contributed by atoms with Gasteiger partial charge in [0.2, 0.25) is 0 Å². The van der Waals surface area contributed by atoms with Gasteiger partial charge in [-0.15, -0.1) is 0 Å². The Labute approximate surface area is 113 Å². The average molecular weight is 275 g/mol. The van der Waals surface area contributed by atoms with Crippen molar-refractivity contribution in [1.82, 2.24) is 9.97 Å². The molecule has 1 atom stereocenters. The van der Waals surface area contributed by atoms with Gasteiger partial charge < -0.3 is 14.9 Å². The summed E-state index contributed by atoms with van der Waals surface area (Å²) in [6.45, 7) is 1.68. The van der Waals surface area contributed by atoms with E-state index in [4.69, 9.17) is 0 Å². The Balaban J connectivity index is 2.32. The van der Waals surface area contributed by atoms with Crippen molar-refractivity contribution in [3.05, 3.63) is 58.0 Å². The number of hydrogen-bond donors (Lipinski definition) is 1. The fraction of sp³-hybridized carbons (Fsp3) is 0.154. The quantitative estimate of drug-likeness (QED) is 0.654. The minimum Gasteiger partial charge on any atom is -0.549 e. The number of carboxylic acid groups (broad SMARTS) is 1. The van der Waals surface area contributed by atoms with Crippen LogP contribution in [0.5, 0.6) is 0 Å². The van der Waals surface area contributed by atoms with Crippen molar-refractivity contribution < 1.29 is 9.90 Å². The van der Waals surface area contributed by atoms with Crippen LogP contribution in [0.4, 0.5) is 0 Å². The molecule has 1 heterocycles. The third-order valence-corrected chi connectivity index (χ3v) is 3.51. The van der Waals surface area contributed by atoms with E-state index in [2.05, 4.69) is 9.97 Å². The number of aromatic nitrogens is 2. The number of aromatic amines is 1. The Kier molecular flexibility index (Phi) is 4.01. The third-order valence-electron chi connectivity index (χ3n) is 2.39. The smallest absolute Gasteiger partial charge is 0.251 e. The van der Waals surface area contributed by atoms with E-state index >= 15 is 0 Å². The van der Waals surface area contributed by atoms with Gasteiger partial charge in [-0.3, -0.25) is 4.79 Å². The Hall–Kier alpha value is -2.08. The maximum atomic E-state index is 11.3. The van der Waals surface area contributed by atoms with Crippen LogP contribution in [-0.2, 0) is 4.79 Å². The van der Waals surface area contributed by atoms with Crippen LogP contribution in [0, 0.1) is 6.92 Å². The van der Waals surface area contributed by atoms with Crippen LogP contribution in [0.2, 0.25) is 0 Å². The number of carboxylic acids is 1. The number of aryl methyl sites for hydroxylation is 1. The molecular weight excluding hydrogens is 264 g/mol. The second kappa shape index (κ2) is 5.71. The van der Waals surface area contributed by atoms with Crippen molar-refractivity contribution in [1.29, 1.82) is 0 Å². The van der Waals surface area contributed by atoms with Gasteiger partial charge in [0, 0.05) is 11.8 Å². The second-order valence-corrected chi connectivity index (χ2v) is 5.01. The highest BCUT2D eigenvalue weighted by Gasteiger charge is 2.15. The number of H-pyrrole nitrogens is 1. The zero-order chi connectivity index (χ0) is 13.8. The lowest BCUT2D eigenvalue weighted by Crippen LogP contribution is -2.28. The predicted octanol–water partition coefficient (Wildman–Crippen LogP) is 0.662. The molecule has 6 heteroatoms. The Morgan fingerprint density at radius 1 is 1.37 bits per heavy atom. The molecule has 1 aromatic carbocycles. The lowest BCUT2D eigenvalue weighted by atomic mass is 10.1. The van der Waals surface area contributed by atoms with Crippen molar-refractivity contribution in [2.24, 2.45) is 0 Å². The minimum absolute atomic E-state index is 0.267. The summed E-state index contributed by atoms with van der Waals surface area (Å²) >= 11 is 0.950.